The van der Waals surface area contributed by atoms with Crippen LogP contribution in [0.3, 0.4) is 0 Å². The molecule has 1 amide bonds. The van der Waals surface area contributed by atoms with Crippen LogP contribution in [0.4, 0.5) is 0 Å². The Bertz CT molecular complexity index is 586. The van der Waals surface area contributed by atoms with E-state index >= 15 is 0 Å². The van der Waals surface area contributed by atoms with Crippen molar-refractivity contribution in [2.75, 3.05) is 66.6 Å². The predicted molar refractivity (Wildman–Crippen MR) is 107 cm³/mol. The molecule has 8 heteroatoms. The van der Waals surface area contributed by atoms with Gasteiger partial charge in [0.2, 0.25) is 5.91 Å². The van der Waals surface area contributed by atoms with Crippen molar-refractivity contribution in [3.05, 3.63) is 0 Å². The number of nitrogens with zero attached hydrogens (tertiary/aromatic N) is 3. The molecule has 0 aromatic carbocycles. The number of rotatable bonds is 6. The van der Waals surface area contributed by atoms with Gasteiger partial charge in [-0.05, 0) is 19.3 Å². The van der Waals surface area contributed by atoms with E-state index in [4.69, 9.17) is 9.47 Å². The number of fused-ring (bicyclic) bond motifs is 2. The van der Waals surface area contributed by atoms with E-state index in [9.17, 15) is 4.79 Å². The summed E-state index contributed by atoms with van der Waals surface area (Å²) in [5, 5.41) is 7.17. The van der Waals surface area contributed by atoms with Crippen molar-refractivity contribution in [2.24, 2.45) is 16.3 Å². The van der Waals surface area contributed by atoms with E-state index in [2.05, 4.69) is 20.5 Å². The molecular weight excluding hydrogens is 358 g/mol. The molecular formula is C20H35N5O3. The number of hydrogen-bond acceptors (Lipinski definition) is 5. The fourth-order valence-electron chi connectivity index (χ4n) is 5.20. The van der Waals surface area contributed by atoms with Gasteiger partial charge >= 0.3 is 0 Å². The van der Waals surface area contributed by atoms with Crippen molar-refractivity contribution >= 4 is 11.9 Å². The molecule has 2 aliphatic carbocycles. The zero-order chi connectivity index (χ0) is 19.6. The summed E-state index contributed by atoms with van der Waals surface area (Å²) in [5.41, 5.74) is 0.291. The van der Waals surface area contributed by atoms with Crippen LogP contribution in [-0.4, -0.2) is 100 Å². The minimum atomic E-state index is 0.0170. The SMILES string of the molecule is CN(C)C(=O)CN=C(NCCN1CCOCC1)NC1C2CCOC2C12CCC2. The topological polar surface area (TPSA) is 78.4 Å². The summed E-state index contributed by atoms with van der Waals surface area (Å²) >= 11 is 0. The van der Waals surface area contributed by atoms with E-state index in [1.54, 1.807) is 19.0 Å². The quantitative estimate of drug-likeness (QED) is 0.485. The van der Waals surface area contributed by atoms with Crippen LogP contribution in [0, 0.1) is 11.3 Å². The van der Waals surface area contributed by atoms with Crippen molar-refractivity contribution in [2.45, 2.75) is 37.8 Å². The number of likely N-dealkylation sites (N-methyl/N-ethyl adjacent to an activating group) is 1. The van der Waals surface area contributed by atoms with Gasteiger partial charge in [0, 0.05) is 64.3 Å². The number of amides is 1. The molecule has 2 saturated carbocycles. The summed E-state index contributed by atoms with van der Waals surface area (Å²) in [7, 11) is 3.54. The molecule has 3 unspecified atom stereocenters. The summed E-state index contributed by atoms with van der Waals surface area (Å²) in [5.74, 6) is 1.37. The maximum atomic E-state index is 12.0. The molecule has 2 aliphatic heterocycles. The molecule has 4 rings (SSSR count). The molecule has 4 fully saturated rings. The van der Waals surface area contributed by atoms with Crippen molar-refractivity contribution in [3.8, 4) is 0 Å². The minimum absolute atomic E-state index is 0.0170. The number of nitrogens with one attached hydrogen (secondary N) is 2. The van der Waals surface area contributed by atoms with Crippen LogP contribution in [0.5, 0.6) is 0 Å². The summed E-state index contributed by atoms with van der Waals surface area (Å²) in [6, 6.07) is 0.415. The fraction of sp³-hybridized carbons (Fsp3) is 0.900. The molecule has 8 nitrogen and oxygen atoms in total. The van der Waals surface area contributed by atoms with Gasteiger partial charge in [-0.1, -0.05) is 6.42 Å². The third-order valence-electron chi connectivity index (χ3n) is 7.02. The van der Waals surface area contributed by atoms with E-state index in [0.29, 0.717) is 23.5 Å². The number of carbonyl (C=O) groups is 1. The maximum absolute atomic E-state index is 12.0. The van der Waals surface area contributed by atoms with Gasteiger partial charge in [0.1, 0.15) is 6.54 Å². The number of ether oxygens (including phenoxy) is 2. The second-order valence-corrected chi connectivity index (χ2v) is 8.79. The number of aliphatic imine (C=N–C) groups is 1. The van der Waals surface area contributed by atoms with Gasteiger partial charge in [0.15, 0.2) is 5.96 Å². The summed E-state index contributed by atoms with van der Waals surface area (Å²) in [6.45, 7) is 6.40. The number of guanidine groups is 1. The molecule has 3 atom stereocenters. The summed E-state index contributed by atoms with van der Waals surface area (Å²) in [6.07, 6.45) is 5.33. The van der Waals surface area contributed by atoms with E-state index in [1.165, 1.54) is 19.3 Å². The van der Waals surface area contributed by atoms with Crippen molar-refractivity contribution in [1.82, 2.24) is 20.4 Å². The zero-order valence-electron chi connectivity index (χ0n) is 17.3. The molecule has 2 N–H and O–H groups in total. The summed E-state index contributed by atoms with van der Waals surface area (Å²) in [4.78, 5) is 20.6. The number of hydrogen-bond donors (Lipinski definition) is 2. The number of morpholine rings is 1. The van der Waals surface area contributed by atoms with Crippen LogP contribution >= 0.6 is 0 Å². The average molecular weight is 394 g/mol. The van der Waals surface area contributed by atoms with Crippen LogP contribution < -0.4 is 10.6 Å². The Morgan fingerprint density at radius 3 is 2.71 bits per heavy atom. The highest BCUT2D eigenvalue weighted by Gasteiger charge is 2.66. The second kappa shape index (κ2) is 8.55. The first-order chi connectivity index (χ1) is 13.6. The van der Waals surface area contributed by atoms with Gasteiger partial charge in [-0.25, -0.2) is 4.99 Å². The van der Waals surface area contributed by atoms with Gasteiger partial charge in [0.25, 0.3) is 0 Å². The highest BCUT2D eigenvalue weighted by Crippen LogP contribution is 2.62. The largest absolute Gasteiger partial charge is 0.379 e. The van der Waals surface area contributed by atoms with E-state index in [1.807, 2.05) is 0 Å². The average Bonchev–Trinajstić information content (AvgIpc) is 3.07. The van der Waals surface area contributed by atoms with E-state index in [0.717, 1.165) is 58.4 Å². The van der Waals surface area contributed by atoms with Crippen LogP contribution in [0.1, 0.15) is 25.7 Å². The van der Waals surface area contributed by atoms with Crippen LogP contribution in [0.2, 0.25) is 0 Å². The molecule has 0 aromatic heterocycles. The standard InChI is InChI=1S/C20H35N5O3/c1-24(2)16(26)14-22-19(21-7-8-25-9-12-27-13-10-25)23-17-15-4-11-28-18(15)20(17)5-3-6-20/h15,17-18H,3-14H2,1-2H3,(H2,21,22,23). The fourth-order valence-corrected chi connectivity index (χ4v) is 5.20. The monoisotopic (exact) mass is 393 g/mol. The molecule has 0 aromatic rings. The van der Waals surface area contributed by atoms with E-state index < -0.39 is 0 Å². The van der Waals surface area contributed by atoms with Gasteiger partial charge in [0.05, 0.1) is 19.3 Å². The third-order valence-corrected chi connectivity index (χ3v) is 7.02. The summed E-state index contributed by atoms with van der Waals surface area (Å²) < 4.78 is 11.5. The first-order valence-electron chi connectivity index (χ1n) is 10.8. The Balaban J connectivity index is 1.36. The molecule has 1 spiro atoms. The van der Waals surface area contributed by atoms with Crippen LogP contribution in [-0.2, 0) is 14.3 Å². The van der Waals surface area contributed by atoms with Crippen molar-refractivity contribution < 1.29 is 14.3 Å². The lowest BCUT2D eigenvalue weighted by Gasteiger charge is -2.63. The van der Waals surface area contributed by atoms with Gasteiger partial charge < -0.3 is 25.0 Å². The predicted octanol–water partition coefficient (Wildman–Crippen LogP) is -0.100. The van der Waals surface area contributed by atoms with Gasteiger partial charge in [-0.3, -0.25) is 9.69 Å². The van der Waals surface area contributed by atoms with Crippen molar-refractivity contribution in [1.29, 1.82) is 0 Å². The molecule has 2 heterocycles. The Hall–Kier alpha value is -1.38. The second-order valence-electron chi connectivity index (χ2n) is 8.79. The molecule has 28 heavy (non-hydrogen) atoms. The van der Waals surface area contributed by atoms with Crippen LogP contribution in [0.25, 0.3) is 0 Å². The number of carbonyl (C=O) groups excluding carboxylic acids is 1. The Morgan fingerprint density at radius 1 is 1.25 bits per heavy atom. The molecule has 0 radical (unpaired) electrons. The minimum Gasteiger partial charge on any atom is -0.379 e. The first kappa shape index (κ1) is 19.9. The molecule has 158 valence electrons. The van der Waals surface area contributed by atoms with Crippen molar-refractivity contribution in [3.63, 3.8) is 0 Å². The normalized spacial score (nSPS) is 31.6. The van der Waals surface area contributed by atoms with Gasteiger partial charge in [-0.2, -0.15) is 0 Å². The Morgan fingerprint density at radius 2 is 2.04 bits per heavy atom. The first-order valence-corrected chi connectivity index (χ1v) is 10.8. The highest BCUT2D eigenvalue weighted by molar-refractivity contribution is 5.85. The maximum Gasteiger partial charge on any atom is 0.243 e. The van der Waals surface area contributed by atoms with E-state index in [-0.39, 0.29) is 12.5 Å². The van der Waals surface area contributed by atoms with Crippen LogP contribution in [0.15, 0.2) is 4.99 Å². The zero-order valence-corrected chi connectivity index (χ0v) is 17.3. The molecule has 2 saturated heterocycles. The lowest BCUT2D eigenvalue weighted by Crippen LogP contribution is -2.72. The molecule has 4 aliphatic rings. The lowest BCUT2D eigenvalue weighted by atomic mass is 9.46. The molecule has 0 bridgehead atoms. The van der Waals surface area contributed by atoms with Gasteiger partial charge in [-0.15, -0.1) is 0 Å². The smallest absolute Gasteiger partial charge is 0.243 e. The Kier molecular flexibility index (Phi) is 6.08. The lowest BCUT2D eigenvalue weighted by molar-refractivity contribution is -0.171. The Labute approximate surface area is 168 Å². The third kappa shape index (κ3) is 3.86. The highest BCUT2D eigenvalue weighted by atomic mass is 16.5.